The van der Waals surface area contributed by atoms with Crippen molar-refractivity contribution in [3.8, 4) is 0 Å². The van der Waals surface area contributed by atoms with Crippen LogP contribution in [0.4, 0.5) is 4.79 Å². The number of carbonyl (C=O) groups excluding carboxylic acids is 2. The maximum atomic E-state index is 11.6. The number of rotatable bonds is 4. The van der Waals surface area contributed by atoms with E-state index >= 15 is 0 Å². The molecule has 1 fully saturated rings. The van der Waals surface area contributed by atoms with E-state index < -0.39 is 6.09 Å². The van der Waals surface area contributed by atoms with Crippen LogP contribution in [-0.2, 0) is 14.3 Å². The van der Waals surface area contributed by atoms with E-state index in [9.17, 15) is 9.59 Å². The topological polar surface area (TPSA) is 67.9 Å². The van der Waals surface area contributed by atoms with Crippen LogP contribution in [0, 0.1) is 0 Å². The zero-order valence-corrected chi connectivity index (χ0v) is 10.4. The summed E-state index contributed by atoms with van der Waals surface area (Å²) < 4.78 is 9.62. The van der Waals surface area contributed by atoms with E-state index in [-0.39, 0.29) is 18.6 Å². The fourth-order valence-corrected chi connectivity index (χ4v) is 1.88. The average molecular weight is 244 g/mol. The lowest BCUT2D eigenvalue weighted by molar-refractivity contribution is -0.136. The van der Waals surface area contributed by atoms with E-state index in [1.54, 1.807) is 11.8 Å². The Morgan fingerprint density at radius 2 is 2.24 bits per heavy atom. The van der Waals surface area contributed by atoms with Gasteiger partial charge in [-0.3, -0.25) is 4.79 Å². The van der Waals surface area contributed by atoms with Crippen LogP contribution >= 0.6 is 0 Å². The molecule has 1 aliphatic heterocycles. The standard InChI is InChI=1S/C11H20N2O4/c1-3-17-11(15)12-9-5-4-6-13(7-9)10(14)8-16-2/h9H,3-8H2,1-2H3,(H,12,15)/t9-/m0/s1. The van der Waals surface area contributed by atoms with E-state index in [0.29, 0.717) is 13.2 Å². The molecule has 0 bridgehead atoms. The number of carbonyl (C=O) groups is 2. The van der Waals surface area contributed by atoms with Gasteiger partial charge in [0.2, 0.25) is 5.91 Å². The zero-order valence-electron chi connectivity index (χ0n) is 10.4. The summed E-state index contributed by atoms with van der Waals surface area (Å²) in [5.41, 5.74) is 0. The number of likely N-dealkylation sites (tertiary alicyclic amines) is 1. The molecule has 0 radical (unpaired) electrons. The average Bonchev–Trinajstić information content (AvgIpc) is 2.30. The largest absolute Gasteiger partial charge is 0.450 e. The van der Waals surface area contributed by atoms with Crippen molar-refractivity contribution in [2.45, 2.75) is 25.8 Å². The Kier molecular flexibility index (Phi) is 5.76. The van der Waals surface area contributed by atoms with Crippen LogP contribution in [0.25, 0.3) is 0 Å². The number of amides is 2. The van der Waals surface area contributed by atoms with Crippen molar-refractivity contribution in [1.82, 2.24) is 10.2 Å². The number of nitrogens with one attached hydrogen (secondary N) is 1. The highest BCUT2D eigenvalue weighted by molar-refractivity contribution is 5.77. The van der Waals surface area contributed by atoms with Crippen molar-refractivity contribution in [2.24, 2.45) is 0 Å². The van der Waals surface area contributed by atoms with E-state index in [0.717, 1.165) is 19.4 Å². The minimum Gasteiger partial charge on any atom is -0.450 e. The third-order valence-corrected chi connectivity index (χ3v) is 2.64. The first kappa shape index (κ1) is 13.8. The van der Waals surface area contributed by atoms with Crippen LogP contribution in [0.3, 0.4) is 0 Å². The fraction of sp³-hybridized carbons (Fsp3) is 0.818. The lowest BCUT2D eigenvalue weighted by atomic mass is 10.1. The molecule has 2 amide bonds. The van der Waals surface area contributed by atoms with Crippen molar-refractivity contribution >= 4 is 12.0 Å². The van der Waals surface area contributed by atoms with Gasteiger partial charge in [0, 0.05) is 26.2 Å². The third kappa shape index (κ3) is 4.60. The molecule has 0 unspecified atom stereocenters. The van der Waals surface area contributed by atoms with Crippen molar-refractivity contribution in [3.63, 3.8) is 0 Å². The first-order valence-corrected chi connectivity index (χ1v) is 5.87. The van der Waals surface area contributed by atoms with Gasteiger partial charge in [-0.05, 0) is 19.8 Å². The van der Waals surface area contributed by atoms with Crippen molar-refractivity contribution in [1.29, 1.82) is 0 Å². The summed E-state index contributed by atoms with van der Waals surface area (Å²) in [6, 6.07) is -0.0244. The third-order valence-electron chi connectivity index (χ3n) is 2.64. The molecular weight excluding hydrogens is 224 g/mol. The SMILES string of the molecule is CCOC(=O)N[C@H]1CCCN(C(=O)COC)C1. The summed E-state index contributed by atoms with van der Waals surface area (Å²) in [5, 5.41) is 2.75. The summed E-state index contributed by atoms with van der Waals surface area (Å²) in [7, 11) is 1.50. The molecule has 1 aliphatic rings. The summed E-state index contributed by atoms with van der Waals surface area (Å²) in [5.74, 6) is -0.0390. The quantitative estimate of drug-likeness (QED) is 0.776. The number of hydrogen-bond donors (Lipinski definition) is 1. The Morgan fingerprint density at radius 1 is 1.47 bits per heavy atom. The van der Waals surface area contributed by atoms with E-state index in [1.807, 2.05) is 0 Å². The number of ether oxygens (including phenoxy) is 2. The number of piperidine rings is 1. The first-order valence-electron chi connectivity index (χ1n) is 5.87. The summed E-state index contributed by atoms with van der Waals surface area (Å²) in [6.07, 6.45) is 1.33. The highest BCUT2D eigenvalue weighted by Crippen LogP contribution is 2.10. The normalized spacial score (nSPS) is 19.9. The van der Waals surface area contributed by atoms with Crippen molar-refractivity contribution in [3.05, 3.63) is 0 Å². The van der Waals surface area contributed by atoms with Gasteiger partial charge in [-0.15, -0.1) is 0 Å². The molecule has 1 saturated heterocycles. The van der Waals surface area contributed by atoms with Crippen molar-refractivity contribution in [2.75, 3.05) is 33.4 Å². The highest BCUT2D eigenvalue weighted by Gasteiger charge is 2.24. The molecule has 98 valence electrons. The summed E-state index contributed by atoms with van der Waals surface area (Å²) >= 11 is 0. The van der Waals surface area contributed by atoms with Crippen LogP contribution in [0.1, 0.15) is 19.8 Å². The van der Waals surface area contributed by atoms with Gasteiger partial charge in [0.05, 0.1) is 6.61 Å². The maximum absolute atomic E-state index is 11.6. The fourth-order valence-electron chi connectivity index (χ4n) is 1.88. The van der Waals surface area contributed by atoms with Gasteiger partial charge in [0.1, 0.15) is 6.61 Å². The van der Waals surface area contributed by atoms with Crippen LogP contribution in [-0.4, -0.2) is 56.4 Å². The molecule has 17 heavy (non-hydrogen) atoms. The Balaban J connectivity index is 2.38. The molecule has 0 saturated carbocycles. The molecule has 6 heteroatoms. The lowest BCUT2D eigenvalue weighted by Crippen LogP contribution is -2.50. The number of alkyl carbamates (subject to hydrolysis) is 1. The Hall–Kier alpha value is -1.30. The minimum absolute atomic E-state index is 0.0244. The van der Waals surface area contributed by atoms with Crippen LogP contribution < -0.4 is 5.32 Å². The first-order chi connectivity index (χ1) is 8.17. The smallest absolute Gasteiger partial charge is 0.407 e. The van der Waals surface area contributed by atoms with Gasteiger partial charge in [-0.1, -0.05) is 0 Å². The van der Waals surface area contributed by atoms with Crippen LogP contribution in [0.2, 0.25) is 0 Å². The molecule has 1 N–H and O–H groups in total. The Bertz CT molecular complexity index is 270. The molecule has 0 aromatic carbocycles. The van der Waals surface area contributed by atoms with Crippen LogP contribution in [0.15, 0.2) is 0 Å². The Labute approximate surface area is 101 Å². The van der Waals surface area contributed by atoms with E-state index in [1.165, 1.54) is 7.11 Å². The monoisotopic (exact) mass is 244 g/mol. The second kappa shape index (κ2) is 7.11. The second-order valence-electron chi connectivity index (χ2n) is 3.98. The molecule has 0 aromatic rings. The maximum Gasteiger partial charge on any atom is 0.407 e. The summed E-state index contributed by atoms with van der Waals surface area (Å²) in [4.78, 5) is 24.6. The summed E-state index contributed by atoms with van der Waals surface area (Å²) in [6.45, 7) is 3.45. The molecular formula is C11H20N2O4. The second-order valence-corrected chi connectivity index (χ2v) is 3.98. The number of nitrogens with zero attached hydrogens (tertiary/aromatic N) is 1. The Morgan fingerprint density at radius 3 is 2.88 bits per heavy atom. The van der Waals surface area contributed by atoms with E-state index in [4.69, 9.17) is 9.47 Å². The van der Waals surface area contributed by atoms with Gasteiger partial charge >= 0.3 is 6.09 Å². The van der Waals surface area contributed by atoms with Gasteiger partial charge in [0.25, 0.3) is 0 Å². The van der Waals surface area contributed by atoms with Gasteiger partial charge < -0.3 is 19.7 Å². The predicted molar refractivity (Wildman–Crippen MR) is 61.6 cm³/mol. The molecule has 6 nitrogen and oxygen atoms in total. The zero-order chi connectivity index (χ0) is 12.7. The van der Waals surface area contributed by atoms with E-state index in [2.05, 4.69) is 5.32 Å². The minimum atomic E-state index is -0.418. The lowest BCUT2D eigenvalue weighted by Gasteiger charge is -2.32. The van der Waals surface area contributed by atoms with Crippen LogP contribution in [0.5, 0.6) is 0 Å². The predicted octanol–water partition coefficient (Wildman–Crippen LogP) is 0.370. The molecule has 1 atom stereocenters. The van der Waals surface area contributed by atoms with Gasteiger partial charge in [-0.2, -0.15) is 0 Å². The van der Waals surface area contributed by atoms with Gasteiger partial charge in [0.15, 0.2) is 0 Å². The van der Waals surface area contributed by atoms with Gasteiger partial charge in [-0.25, -0.2) is 4.79 Å². The molecule has 0 aromatic heterocycles. The molecule has 1 heterocycles. The molecule has 0 spiro atoms. The van der Waals surface area contributed by atoms with Crippen molar-refractivity contribution < 1.29 is 19.1 Å². The molecule has 1 rings (SSSR count). The number of hydrogen-bond acceptors (Lipinski definition) is 4. The number of methoxy groups -OCH3 is 1. The highest BCUT2D eigenvalue weighted by atomic mass is 16.5. The molecule has 0 aliphatic carbocycles.